The molecule has 0 aromatic heterocycles. The van der Waals surface area contributed by atoms with Gasteiger partial charge in [0.2, 0.25) is 0 Å². The molecule has 234 valence electrons. The summed E-state index contributed by atoms with van der Waals surface area (Å²) >= 11 is 0. The minimum absolute atomic E-state index is 0.0545. The van der Waals surface area contributed by atoms with Gasteiger partial charge in [-0.3, -0.25) is 0 Å². The minimum atomic E-state index is -3.47. The van der Waals surface area contributed by atoms with E-state index in [-0.39, 0.29) is 18.3 Å². The normalized spacial score (nSPS) is 13.2. The number of hydrogen-bond donors (Lipinski definition) is 0. The summed E-state index contributed by atoms with van der Waals surface area (Å²) in [6, 6.07) is 8.36. The first kappa shape index (κ1) is 37.1. The molecule has 0 bridgehead atoms. The molecule has 0 amide bonds. The van der Waals surface area contributed by atoms with Crippen molar-refractivity contribution in [3.05, 3.63) is 24.3 Å². The summed E-state index contributed by atoms with van der Waals surface area (Å²) in [4.78, 5) is 0. The fraction of sp³-hybridized carbons (Fsp3) is 0.829. The van der Waals surface area contributed by atoms with Crippen LogP contribution in [0.2, 0.25) is 0 Å². The summed E-state index contributed by atoms with van der Waals surface area (Å²) < 4.78 is 28.6. The van der Waals surface area contributed by atoms with Gasteiger partial charge in [0.05, 0.1) is 30.1 Å². The fourth-order valence-corrected chi connectivity index (χ4v) is 8.86. The third-order valence-electron chi connectivity index (χ3n) is 6.89. The number of benzene rings is 1. The largest absolute Gasteiger partial charge is 0.541 e. The summed E-state index contributed by atoms with van der Waals surface area (Å²) in [6.07, 6.45) is 6.05. The minimum Gasteiger partial charge on any atom is -0.494 e. The summed E-state index contributed by atoms with van der Waals surface area (Å²) in [6.45, 7) is 30.1. The van der Waals surface area contributed by atoms with Gasteiger partial charge < -0.3 is 18.0 Å². The molecule has 1 aromatic rings. The lowest BCUT2D eigenvalue weighted by Gasteiger charge is -2.41. The van der Waals surface area contributed by atoms with Crippen LogP contribution in [0.4, 0.5) is 0 Å². The van der Waals surface area contributed by atoms with E-state index in [1.807, 2.05) is 13.0 Å². The lowest BCUT2D eigenvalue weighted by molar-refractivity contribution is -0.0331. The quantitative estimate of drug-likeness (QED) is 0.136. The molecular formula is C35H66O4Si. The van der Waals surface area contributed by atoms with Gasteiger partial charge in [-0.2, -0.15) is 0 Å². The molecule has 0 saturated carbocycles. The average Bonchev–Trinajstić information content (AvgIpc) is 2.76. The van der Waals surface area contributed by atoms with Crippen LogP contribution in [-0.2, 0) is 13.3 Å². The molecule has 1 rings (SSSR count). The maximum absolute atomic E-state index is 7.43. The van der Waals surface area contributed by atoms with E-state index in [1.165, 1.54) is 0 Å². The van der Waals surface area contributed by atoms with Crippen LogP contribution in [0, 0.1) is 35.5 Å². The highest BCUT2D eigenvalue weighted by Gasteiger charge is 2.52. The van der Waals surface area contributed by atoms with Crippen LogP contribution in [-0.4, -0.2) is 33.7 Å². The van der Waals surface area contributed by atoms with Crippen LogP contribution in [0.1, 0.15) is 129 Å². The SMILES string of the molecule is CCOc1ccccc1[Si](OC(CC(C)C)CC(C)C)(OC(CC(C)C)CC(C)C)OC(CC(C)C)CC(C)C. The molecule has 4 nitrogen and oxygen atoms in total. The molecule has 0 N–H and O–H groups in total. The Morgan fingerprint density at radius 2 is 0.800 bits per heavy atom. The highest BCUT2D eigenvalue weighted by atomic mass is 28.4. The summed E-state index contributed by atoms with van der Waals surface area (Å²) in [5.41, 5.74) is 0. The van der Waals surface area contributed by atoms with E-state index < -0.39 is 8.80 Å². The van der Waals surface area contributed by atoms with Crippen molar-refractivity contribution in [2.24, 2.45) is 35.5 Å². The summed E-state index contributed by atoms with van der Waals surface area (Å²) in [5, 5.41) is 0.990. The van der Waals surface area contributed by atoms with Gasteiger partial charge in [-0.25, -0.2) is 0 Å². The van der Waals surface area contributed by atoms with Crippen LogP contribution in [0.5, 0.6) is 5.75 Å². The molecule has 0 aliphatic heterocycles. The predicted molar refractivity (Wildman–Crippen MR) is 174 cm³/mol. The standard InChI is InChI=1S/C35H66O4Si/c1-14-36-34-17-15-16-18-35(34)40(37-31(19-25(2)3)20-26(4)5,38-32(21-27(6)7)22-28(8)9)39-33(23-29(10)11)24-30(12)13/h15-18,25-33H,14,19-24H2,1-13H3. The molecule has 0 fully saturated rings. The zero-order chi connectivity index (χ0) is 30.5. The first-order chi connectivity index (χ1) is 18.7. The van der Waals surface area contributed by atoms with Crippen molar-refractivity contribution in [3.8, 4) is 5.75 Å². The molecule has 0 radical (unpaired) electrons. The fourth-order valence-electron chi connectivity index (χ4n) is 5.67. The van der Waals surface area contributed by atoms with E-state index in [9.17, 15) is 0 Å². The van der Waals surface area contributed by atoms with Crippen LogP contribution in [0.3, 0.4) is 0 Å². The van der Waals surface area contributed by atoms with Crippen LogP contribution < -0.4 is 9.92 Å². The van der Waals surface area contributed by atoms with E-state index in [4.69, 9.17) is 18.0 Å². The van der Waals surface area contributed by atoms with E-state index in [2.05, 4.69) is 101 Å². The number of para-hydroxylation sites is 1. The van der Waals surface area contributed by atoms with Crippen molar-refractivity contribution in [2.75, 3.05) is 6.61 Å². The van der Waals surface area contributed by atoms with Crippen molar-refractivity contribution in [1.29, 1.82) is 0 Å². The van der Waals surface area contributed by atoms with Gasteiger partial charge in [0.25, 0.3) is 0 Å². The molecule has 0 saturated heterocycles. The Morgan fingerprint density at radius 3 is 1.07 bits per heavy atom. The summed E-state index contributed by atoms with van der Waals surface area (Å²) in [5.74, 6) is 3.93. The second kappa shape index (κ2) is 18.6. The van der Waals surface area contributed by atoms with E-state index in [0.717, 1.165) is 49.5 Å². The molecule has 0 heterocycles. The molecule has 0 spiro atoms. The maximum Gasteiger partial charge on any atom is 0.541 e. The number of ether oxygens (including phenoxy) is 1. The molecule has 0 atom stereocenters. The van der Waals surface area contributed by atoms with Gasteiger partial charge in [0.1, 0.15) is 5.75 Å². The monoisotopic (exact) mass is 578 g/mol. The van der Waals surface area contributed by atoms with Crippen molar-refractivity contribution >= 4 is 14.0 Å². The Kier molecular flexibility index (Phi) is 17.3. The van der Waals surface area contributed by atoms with Crippen molar-refractivity contribution in [3.63, 3.8) is 0 Å². The number of rotatable bonds is 21. The van der Waals surface area contributed by atoms with Crippen molar-refractivity contribution in [1.82, 2.24) is 0 Å². The predicted octanol–water partition coefficient (Wildman–Crippen LogP) is 9.66. The third-order valence-corrected chi connectivity index (χ3v) is 9.89. The topological polar surface area (TPSA) is 36.9 Å². The maximum atomic E-state index is 7.43. The molecular weight excluding hydrogens is 512 g/mol. The zero-order valence-corrected chi connectivity index (χ0v) is 29.6. The zero-order valence-electron chi connectivity index (χ0n) is 28.6. The van der Waals surface area contributed by atoms with E-state index >= 15 is 0 Å². The van der Waals surface area contributed by atoms with E-state index in [1.54, 1.807) is 0 Å². The van der Waals surface area contributed by atoms with E-state index in [0.29, 0.717) is 42.1 Å². The lowest BCUT2D eigenvalue weighted by atomic mass is 9.98. The first-order valence-corrected chi connectivity index (χ1v) is 18.1. The van der Waals surface area contributed by atoms with Gasteiger partial charge in [0.15, 0.2) is 0 Å². The van der Waals surface area contributed by atoms with Crippen LogP contribution in [0.15, 0.2) is 24.3 Å². The second-order valence-electron chi connectivity index (χ2n) is 14.5. The van der Waals surface area contributed by atoms with Gasteiger partial charge in [-0.1, -0.05) is 101 Å². The van der Waals surface area contributed by atoms with Crippen LogP contribution in [0.25, 0.3) is 0 Å². The third kappa shape index (κ3) is 14.3. The molecule has 0 aliphatic carbocycles. The van der Waals surface area contributed by atoms with Gasteiger partial charge in [0, 0.05) is 0 Å². The summed E-state index contributed by atoms with van der Waals surface area (Å²) in [7, 11) is -3.47. The Balaban J connectivity index is 3.92. The average molecular weight is 579 g/mol. The van der Waals surface area contributed by atoms with Gasteiger partial charge in [-0.15, -0.1) is 0 Å². The van der Waals surface area contributed by atoms with Crippen molar-refractivity contribution in [2.45, 2.75) is 147 Å². The second-order valence-corrected chi connectivity index (χ2v) is 16.8. The Hall–Kier alpha value is -0.883. The van der Waals surface area contributed by atoms with Gasteiger partial charge >= 0.3 is 8.80 Å². The molecule has 5 heteroatoms. The highest BCUT2D eigenvalue weighted by Crippen LogP contribution is 2.32. The Bertz CT molecular complexity index is 695. The van der Waals surface area contributed by atoms with Crippen molar-refractivity contribution < 1.29 is 18.0 Å². The smallest absolute Gasteiger partial charge is 0.494 e. The number of hydrogen-bond acceptors (Lipinski definition) is 4. The Morgan fingerprint density at radius 1 is 0.500 bits per heavy atom. The molecule has 40 heavy (non-hydrogen) atoms. The molecule has 0 unspecified atom stereocenters. The van der Waals surface area contributed by atoms with Gasteiger partial charge in [-0.05, 0) is 87.0 Å². The molecule has 0 aliphatic rings. The highest BCUT2D eigenvalue weighted by molar-refractivity contribution is 6.76. The molecule has 1 aromatic carbocycles. The Labute approximate surface area is 250 Å². The lowest BCUT2D eigenvalue weighted by Crippen LogP contribution is -2.62. The van der Waals surface area contributed by atoms with Crippen LogP contribution >= 0.6 is 0 Å². The first-order valence-electron chi connectivity index (χ1n) is 16.4.